The van der Waals surface area contributed by atoms with Gasteiger partial charge in [-0.05, 0) is 67.9 Å². The Morgan fingerprint density at radius 2 is 1.70 bits per heavy atom. The largest absolute Gasteiger partial charge is 0.495 e. The molecular formula is C26H30FN3O2S. The number of para-hydroxylation sites is 3. The maximum Gasteiger partial charge on any atom is 0.150 e. The Hall–Kier alpha value is -3.03. The Kier molecular flexibility index (Phi) is 9.15. The van der Waals surface area contributed by atoms with Crippen molar-refractivity contribution in [2.24, 2.45) is 0 Å². The Labute approximate surface area is 199 Å². The zero-order valence-electron chi connectivity index (χ0n) is 19.3. The van der Waals surface area contributed by atoms with E-state index in [9.17, 15) is 9.18 Å². The zero-order valence-corrected chi connectivity index (χ0v) is 20.1. The number of carbonyl (C=O) groups is 1. The fraction of sp³-hybridized carbons (Fsp3) is 0.269. The number of likely N-dealkylation sites (N-methyl/N-ethyl adjacent to an activating group) is 1. The van der Waals surface area contributed by atoms with E-state index < -0.39 is 0 Å². The maximum absolute atomic E-state index is 13.4. The predicted octanol–water partition coefficient (Wildman–Crippen LogP) is 5.51. The number of aryl methyl sites for hydroxylation is 1. The van der Waals surface area contributed by atoms with Gasteiger partial charge in [0.1, 0.15) is 17.9 Å². The number of piperazine rings is 1. The molecule has 0 aromatic heterocycles. The summed E-state index contributed by atoms with van der Waals surface area (Å²) in [6, 6.07) is 20.2. The molecule has 3 aromatic rings. The number of ether oxygens (including phenoxy) is 1. The molecule has 1 N–H and O–H groups in total. The van der Waals surface area contributed by atoms with Gasteiger partial charge in [-0.25, -0.2) is 4.39 Å². The Bertz CT molecular complexity index is 1060. The van der Waals surface area contributed by atoms with Gasteiger partial charge in [0.15, 0.2) is 0 Å². The van der Waals surface area contributed by atoms with Crippen molar-refractivity contribution >= 4 is 29.6 Å². The van der Waals surface area contributed by atoms with Crippen LogP contribution in [0.4, 0.5) is 15.8 Å². The minimum Gasteiger partial charge on any atom is -0.495 e. The number of nitrogens with one attached hydrogen (secondary N) is 1. The third kappa shape index (κ3) is 6.97. The molecule has 5 nitrogen and oxygen atoms in total. The molecule has 0 aliphatic carbocycles. The highest BCUT2D eigenvalue weighted by molar-refractivity contribution is 8.00. The summed E-state index contributed by atoms with van der Waals surface area (Å²) in [6.45, 7) is 6.28. The zero-order chi connectivity index (χ0) is 23.6. The molecule has 0 atom stereocenters. The molecule has 0 saturated carbocycles. The van der Waals surface area contributed by atoms with Crippen LogP contribution in [0.5, 0.6) is 5.75 Å². The molecule has 1 aliphatic heterocycles. The molecule has 3 aromatic carbocycles. The summed E-state index contributed by atoms with van der Waals surface area (Å²) in [6.07, 6.45) is 0.822. The number of anilines is 2. The van der Waals surface area contributed by atoms with Crippen molar-refractivity contribution in [2.45, 2.75) is 11.8 Å². The first-order valence-corrected chi connectivity index (χ1v) is 11.6. The molecule has 0 radical (unpaired) electrons. The normalized spacial score (nSPS) is 13.6. The van der Waals surface area contributed by atoms with Gasteiger partial charge >= 0.3 is 0 Å². The average molecular weight is 468 g/mol. The second kappa shape index (κ2) is 12.3. The highest BCUT2D eigenvalue weighted by atomic mass is 32.2. The fourth-order valence-electron chi connectivity index (χ4n) is 3.41. The number of methoxy groups -OCH3 is 1. The van der Waals surface area contributed by atoms with Crippen molar-refractivity contribution < 1.29 is 13.9 Å². The smallest absolute Gasteiger partial charge is 0.150 e. The number of benzene rings is 3. The van der Waals surface area contributed by atoms with Crippen LogP contribution in [-0.2, 0) is 0 Å². The van der Waals surface area contributed by atoms with Crippen LogP contribution < -0.4 is 14.4 Å². The quantitative estimate of drug-likeness (QED) is 0.381. The number of halogens is 1. The van der Waals surface area contributed by atoms with E-state index in [1.807, 2.05) is 31.2 Å². The van der Waals surface area contributed by atoms with Gasteiger partial charge < -0.3 is 19.3 Å². The number of rotatable bonds is 6. The Morgan fingerprint density at radius 3 is 2.39 bits per heavy atom. The number of hydrogen-bond donors (Lipinski definition) is 1. The summed E-state index contributed by atoms with van der Waals surface area (Å²) in [5, 5.41) is 0. The molecule has 0 spiro atoms. The summed E-state index contributed by atoms with van der Waals surface area (Å²) < 4.78 is 21.7. The van der Waals surface area contributed by atoms with Crippen LogP contribution in [0.25, 0.3) is 0 Å². The first-order valence-electron chi connectivity index (χ1n) is 10.8. The van der Waals surface area contributed by atoms with Gasteiger partial charge in [-0.2, -0.15) is 0 Å². The van der Waals surface area contributed by atoms with E-state index >= 15 is 0 Å². The van der Waals surface area contributed by atoms with Crippen LogP contribution in [0.3, 0.4) is 0 Å². The standard InChI is InChI=1S/C14H12FNOS.C12H18N2O/c1-10-6-7-12(8-11(10)9-17)18-16-14-5-3-2-4-13(14)15;1-13-7-9-14(10-8-13)11-5-3-4-6-12(11)15-2/h2-9,16H,1H3;3-6H,7-10H2,1-2H3. The van der Waals surface area contributed by atoms with Gasteiger partial charge in [0, 0.05) is 36.6 Å². The lowest BCUT2D eigenvalue weighted by Gasteiger charge is -2.34. The van der Waals surface area contributed by atoms with E-state index in [4.69, 9.17) is 4.74 Å². The number of nitrogens with zero attached hydrogens (tertiary/aromatic N) is 2. The van der Waals surface area contributed by atoms with Crippen molar-refractivity contribution in [3.05, 3.63) is 83.7 Å². The number of carbonyl (C=O) groups excluding carboxylic acids is 1. The topological polar surface area (TPSA) is 44.8 Å². The Morgan fingerprint density at radius 1 is 1.00 bits per heavy atom. The highest BCUT2D eigenvalue weighted by Gasteiger charge is 2.16. The maximum atomic E-state index is 13.4. The van der Waals surface area contributed by atoms with Crippen LogP contribution in [0, 0.1) is 12.7 Å². The van der Waals surface area contributed by atoms with Gasteiger partial charge in [-0.15, -0.1) is 0 Å². The second-order valence-electron chi connectivity index (χ2n) is 7.78. The number of hydrogen-bond acceptors (Lipinski definition) is 6. The molecule has 1 aliphatic rings. The van der Waals surface area contributed by atoms with E-state index in [0.717, 1.165) is 48.7 Å². The highest BCUT2D eigenvalue weighted by Crippen LogP contribution is 2.28. The molecule has 4 rings (SSSR count). The summed E-state index contributed by atoms with van der Waals surface area (Å²) in [5.41, 5.74) is 3.22. The van der Waals surface area contributed by atoms with Crippen LogP contribution in [0.15, 0.2) is 71.6 Å². The van der Waals surface area contributed by atoms with Gasteiger partial charge in [0.05, 0.1) is 18.5 Å². The van der Waals surface area contributed by atoms with E-state index in [1.165, 1.54) is 23.7 Å². The molecule has 174 valence electrons. The molecule has 7 heteroatoms. The first kappa shape index (κ1) is 24.6. The third-order valence-electron chi connectivity index (χ3n) is 5.46. The van der Waals surface area contributed by atoms with E-state index in [2.05, 4.69) is 33.7 Å². The van der Waals surface area contributed by atoms with Crippen molar-refractivity contribution in [2.75, 3.05) is 50.0 Å². The summed E-state index contributed by atoms with van der Waals surface area (Å²) in [7, 11) is 3.90. The minimum absolute atomic E-state index is 0.298. The van der Waals surface area contributed by atoms with Gasteiger partial charge in [0.25, 0.3) is 0 Å². The van der Waals surface area contributed by atoms with Crippen LogP contribution in [0.2, 0.25) is 0 Å². The molecule has 0 bridgehead atoms. The molecule has 0 amide bonds. The SMILES string of the molecule is COc1ccccc1N1CCN(C)CC1.Cc1ccc(SNc2ccccc2F)cc1C=O. The summed E-state index contributed by atoms with van der Waals surface area (Å²) >= 11 is 1.28. The molecule has 1 fully saturated rings. The molecule has 1 saturated heterocycles. The lowest BCUT2D eigenvalue weighted by atomic mass is 10.1. The van der Waals surface area contributed by atoms with Crippen molar-refractivity contribution in [3.8, 4) is 5.75 Å². The molecule has 1 heterocycles. The van der Waals surface area contributed by atoms with Crippen LogP contribution in [0.1, 0.15) is 15.9 Å². The molecular weight excluding hydrogens is 437 g/mol. The lowest BCUT2D eigenvalue weighted by molar-refractivity contribution is 0.112. The fourth-order valence-corrected chi connectivity index (χ4v) is 4.12. The number of aldehydes is 1. The Balaban J connectivity index is 0.000000189. The van der Waals surface area contributed by atoms with Crippen molar-refractivity contribution in [1.29, 1.82) is 0 Å². The van der Waals surface area contributed by atoms with E-state index in [1.54, 1.807) is 31.4 Å². The second-order valence-corrected chi connectivity index (χ2v) is 8.66. The molecule has 33 heavy (non-hydrogen) atoms. The van der Waals surface area contributed by atoms with Gasteiger partial charge in [-0.1, -0.05) is 30.3 Å². The third-order valence-corrected chi connectivity index (χ3v) is 6.27. The van der Waals surface area contributed by atoms with Gasteiger partial charge in [-0.3, -0.25) is 4.79 Å². The van der Waals surface area contributed by atoms with E-state index in [-0.39, 0.29) is 5.82 Å². The summed E-state index contributed by atoms with van der Waals surface area (Å²) in [4.78, 5) is 16.4. The van der Waals surface area contributed by atoms with Crippen LogP contribution in [-0.4, -0.2) is 51.5 Å². The lowest BCUT2D eigenvalue weighted by Crippen LogP contribution is -2.44. The van der Waals surface area contributed by atoms with Crippen molar-refractivity contribution in [3.63, 3.8) is 0 Å². The monoisotopic (exact) mass is 467 g/mol. The van der Waals surface area contributed by atoms with E-state index in [0.29, 0.717) is 11.3 Å². The van der Waals surface area contributed by atoms with Gasteiger partial charge in [0.2, 0.25) is 0 Å². The summed E-state index contributed by atoms with van der Waals surface area (Å²) in [5.74, 6) is 0.676. The van der Waals surface area contributed by atoms with Crippen LogP contribution >= 0.6 is 11.9 Å². The first-order chi connectivity index (χ1) is 16.0. The van der Waals surface area contributed by atoms with Crippen molar-refractivity contribution in [1.82, 2.24) is 4.90 Å². The average Bonchev–Trinajstić information content (AvgIpc) is 2.85. The predicted molar refractivity (Wildman–Crippen MR) is 135 cm³/mol. The molecule has 0 unspecified atom stereocenters. The minimum atomic E-state index is -0.298.